The number of carboxylic acids is 1. The Morgan fingerprint density at radius 2 is 2.25 bits per heavy atom. The zero-order valence-electron chi connectivity index (χ0n) is 13.6. The molecule has 3 atom stereocenters. The van der Waals surface area contributed by atoms with Crippen LogP contribution in [0, 0.1) is 0 Å². The SMILES string of the molecule is CCNC(C)(CC(C)N(C)C1CCCN(C)C1)C(=O)O. The van der Waals surface area contributed by atoms with Crippen molar-refractivity contribution in [2.75, 3.05) is 33.7 Å². The second kappa shape index (κ2) is 7.38. The van der Waals surface area contributed by atoms with Gasteiger partial charge in [0.05, 0.1) is 0 Å². The predicted octanol–water partition coefficient (Wildman–Crippen LogP) is 1.24. The van der Waals surface area contributed by atoms with Crippen LogP contribution in [-0.4, -0.2) is 72.2 Å². The van der Waals surface area contributed by atoms with Crippen LogP contribution in [0.3, 0.4) is 0 Å². The van der Waals surface area contributed by atoms with Crippen LogP contribution in [0.15, 0.2) is 0 Å². The summed E-state index contributed by atoms with van der Waals surface area (Å²) in [5.74, 6) is -0.764. The van der Waals surface area contributed by atoms with E-state index in [2.05, 4.69) is 36.1 Å². The molecule has 2 N–H and O–H groups in total. The zero-order valence-corrected chi connectivity index (χ0v) is 13.6. The molecular weight excluding hydrogens is 254 g/mol. The van der Waals surface area contributed by atoms with Crippen molar-refractivity contribution in [1.29, 1.82) is 0 Å². The molecule has 20 heavy (non-hydrogen) atoms. The van der Waals surface area contributed by atoms with E-state index in [0.717, 1.165) is 6.54 Å². The molecule has 1 aliphatic heterocycles. The molecular formula is C15H31N3O2. The van der Waals surface area contributed by atoms with E-state index in [1.165, 1.54) is 19.4 Å². The minimum Gasteiger partial charge on any atom is -0.480 e. The first kappa shape index (κ1) is 17.4. The summed E-state index contributed by atoms with van der Waals surface area (Å²) < 4.78 is 0. The molecule has 1 aliphatic rings. The third-order valence-electron chi connectivity index (χ3n) is 4.61. The number of likely N-dealkylation sites (N-methyl/N-ethyl adjacent to an activating group) is 3. The largest absolute Gasteiger partial charge is 0.480 e. The summed E-state index contributed by atoms with van der Waals surface area (Å²) in [6.07, 6.45) is 3.05. The molecule has 1 heterocycles. The first-order valence-electron chi connectivity index (χ1n) is 7.69. The average molecular weight is 285 g/mol. The topological polar surface area (TPSA) is 55.8 Å². The smallest absolute Gasteiger partial charge is 0.323 e. The molecule has 5 heteroatoms. The molecule has 3 unspecified atom stereocenters. The lowest BCUT2D eigenvalue weighted by Crippen LogP contribution is -2.55. The Labute approximate surface area is 123 Å². The maximum atomic E-state index is 11.5. The molecule has 0 amide bonds. The lowest BCUT2D eigenvalue weighted by atomic mass is 9.91. The van der Waals surface area contributed by atoms with Crippen molar-refractivity contribution >= 4 is 5.97 Å². The summed E-state index contributed by atoms with van der Waals surface area (Å²) in [7, 11) is 4.29. The van der Waals surface area contributed by atoms with Crippen LogP contribution in [0.25, 0.3) is 0 Å². The monoisotopic (exact) mass is 285 g/mol. The van der Waals surface area contributed by atoms with Crippen LogP contribution in [0.4, 0.5) is 0 Å². The average Bonchev–Trinajstić information content (AvgIpc) is 2.37. The quantitative estimate of drug-likeness (QED) is 0.737. The van der Waals surface area contributed by atoms with Gasteiger partial charge in [-0.25, -0.2) is 0 Å². The zero-order chi connectivity index (χ0) is 15.3. The highest BCUT2D eigenvalue weighted by Crippen LogP contribution is 2.21. The Kier molecular flexibility index (Phi) is 6.43. The van der Waals surface area contributed by atoms with Crippen LogP contribution in [-0.2, 0) is 4.79 Å². The molecule has 1 fully saturated rings. The minimum atomic E-state index is -0.844. The predicted molar refractivity (Wildman–Crippen MR) is 82.1 cm³/mol. The van der Waals surface area contributed by atoms with Crippen molar-refractivity contribution in [3.63, 3.8) is 0 Å². The van der Waals surface area contributed by atoms with E-state index in [4.69, 9.17) is 0 Å². The fourth-order valence-corrected chi connectivity index (χ4v) is 3.19. The maximum absolute atomic E-state index is 11.5. The molecule has 1 saturated heterocycles. The van der Waals surface area contributed by atoms with E-state index in [1.807, 2.05) is 6.92 Å². The number of aliphatic carboxylic acids is 1. The van der Waals surface area contributed by atoms with E-state index in [-0.39, 0.29) is 6.04 Å². The van der Waals surface area contributed by atoms with E-state index in [0.29, 0.717) is 19.0 Å². The van der Waals surface area contributed by atoms with Gasteiger partial charge in [-0.3, -0.25) is 9.69 Å². The van der Waals surface area contributed by atoms with Crippen LogP contribution >= 0.6 is 0 Å². The molecule has 1 rings (SSSR count). The Morgan fingerprint density at radius 1 is 1.60 bits per heavy atom. The molecule has 0 saturated carbocycles. The fraction of sp³-hybridized carbons (Fsp3) is 0.933. The summed E-state index contributed by atoms with van der Waals surface area (Å²) in [4.78, 5) is 16.2. The van der Waals surface area contributed by atoms with Gasteiger partial charge >= 0.3 is 5.97 Å². The van der Waals surface area contributed by atoms with Crippen molar-refractivity contribution < 1.29 is 9.90 Å². The summed E-state index contributed by atoms with van der Waals surface area (Å²) >= 11 is 0. The number of piperidine rings is 1. The number of hydrogen-bond donors (Lipinski definition) is 2. The standard InChI is InChI=1S/C15H31N3O2/c1-6-16-15(3,14(19)20)10-12(2)18(5)13-8-7-9-17(4)11-13/h12-13,16H,6-11H2,1-5H3,(H,19,20). The third-order valence-corrected chi connectivity index (χ3v) is 4.61. The summed E-state index contributed by atoms with van der Waals surface area (Å²) in [6.45, 7) is 8.79. The first-order chi connectivity index (χ1) is 9.30. The van der Waals surface area contributed by atoms with Crippen molar-refractivity contribution in [2.24, 2.45) is 0 Å². The number of nitrogens with one attached hydrogen (secondary N) is 1. The van der Waals surface area contributed by atoms with Crippen molar-refractivity contribution in [3.8, 4) is 0 Å². The molecule has 0 spiro atoms. The van der Waals surface area contributed by atoms with E-state index < -0.39 is 11.5 Å². The van der Waals surface area contributed by atoms with Gasteiger partial charge in [-0.2, -0.15) is 0 Å². The molecule has 0 aliphatic carbocycles. The summed E-state index contributed by atoms with van der Waals surface area (Å²) in [6, 6.07) is 0.773. The van der Waals surface area contributed by atoms with Crippen LogP contribution in [0.5, 0.6) is 0 Å². The van der Waals surface area contributed by atoms with Crippen molar-refractivity contribution in [3.05, 3.63) is 0 Å². The van der Waals surface area contributed by atoms with E-state index in [9.17, 15) is 9.90 Å². The number of hydrogen-bond acceptors (Lipinski definition) is 4. The number of likely N-dealkylation sites (tertiary alicyclic amines) is 1. The van der Waals surface area contributed by atoms with Gasteiger partial charge in [0.2, 0.25) is 0 Å². The molecule has 0 aromatic rings. The second-order valence-electron chi connectivity index (χ2n) is 6.44. The lowest BCUT2D eigenvalue weighted by Gasteiger charge is -2.41. The van der Waals surface area contributed by atoms with Crippen molar-refractivity contribution in [2.45, 2.75) is 57.7 Å². The second-order valence-corrected chi connectivity index (χ2v) is 6.44. The Bertz CT molecular complexity index is 324. The van der Waals surface area contributed by atoms with E-state index in [1.54, 1.807) is 6.92 Å². The van der Waals surface area contributed by atoms with Crippen LogP contribution in [0.1, 0.15) is 40.0 Å². The highest BCUT2D eigenvalue weighted by Gasteiger charge is 2.36. The number of nitrogens with zero attached hydrogens (tertiary/aromatic N) is 2. The first-order valence-corrected chi connectivity index (χ1v) is 7.69. The molecule has 118 valence electrons. The van der Waals surface area contributed by atoms with Gasteiger partial charge in [-0.15, -0.1) is 0 Å². The summed E-state index contributed by atoms with van der Waals surface area (Å²) in [5, 5.41) is 12.6. The van der Waals surface area contributed by atoms with Gasteiger partial charge in [0.25, 0.3) is 0 Å². The van der Waals surface area contributed by atoms with Crippen LogP contribution < -0.4 is 5.32 Å². The molecule has 5 nitrogen and oxygen atoms in total. The normalized spacial score (nSPS) is 25.4. The molecule has 0 aromatic heterocycles. The lowest BCUT2D eigenvalue weighted by molar-refractivity contribution is -0.145. The fourth-order valence-electron chi connectivity index (χ4n) is 3.19. The Hall–Kier alpha value is -0.650. The highest BCUT2D eigenvalue weighted by atomic mass is 16.4. The molecule has 0 aromatic carbocycles. The minimum absolute atomic E-state index is 0.242. The van der Waals surface area contributed by atoms with Gasteiger partial charge in [0.1, 0.15) is 5.54 Å². The van der Waals surface area contributed by atoms with E-state index >= 15 is 0 Å². The number of rotatable bonds is 7. The Balaban J connectivity index is 2.63. The van der Waals surface area contributed by atoms with Crippen molar-refractivity contribution in [1.82, 2.24) is 15.1 Å². The third kappa shape index (κ3) is 4.43. The van der Waals surface area contributed by atoms with Gasteiger partial charge in [0, 0.05) is 18.6 Å². The summed E-state index contributed by atoms with van der Waals surface area (Å²) in [5.41, 5.74) is -0.844. The van der Waals surface area contributed by atoms with Gasteiger partial charge in [-0.05, 0) is 60.3 Å². The molecule has 0 radical (unpaired) electrons. The maximum Gasteiger partial charge on any atom is 0.323 e. The number of carbonyl (C=O) groups is 1. The number of carboxylic acid groups (broad SMARTS) is 1. The highest BCUT2D eigenvalue weighted by molar-refractivity contribution is 5.78. The van der Waals surface area contributed by atoms with Gasteiger partial charge < -0.3 is 15.3 Å². The molecule has 0 bridgehead atoms. The van der Waals surface area contributed by atoms with Gasteiger partial charge in [-0.1, -0.05) is 6.92 Å². The van der Waals surface area contributed by atoms with Crippen LogP contribution in [0.2, 0.25) is 0 Å². The Morgan fingerprint density at radius 3 is 2.75 bits per heavy atom. The van der Waals surface area contributed by atoms with Gasteiger partial charge in [0.15, 0.2) is 0 Å².